The summed E-state index contributed by atoms with van der Waals surface area (Å²) in [6.07, 6.45) is 0. The molecule has 0 aliphatic rings. The smallest absolute Gasteiger partial charge is 0.251 e. The number of nitrogens with zero attached hydrogens (tertiary/aromatic N) is 1. The van der Waals surface area contributed by atoms with E-state index in [1.54, 1.807) is 12.1 Å². The molecule has 14 heavy (non-hydrogen) atoms. The molecule has 0 bridgehead atoms. The van der Waals surface area contributed by atoms with Gasteiger partial charge < -0.3 is 5.32 Å². The lowest BCUT2D eigenvalue weighted by atomic mass is 10.2. The van der Waals surface area contributed by atoms with E-state index in [9.17, 15) is 4.79 Å². The summed E-state index contributed by atoms with van der Waals surface area (Å²) in [4.78, 5) is 15.6. The van der Waals surface area contributed by atoms with Gasteiger partial charge in [-0.15, -0.1) is 0 Å². The second kappa shape index (κ2) is 4.89. The van der Waals surface area contributed by atoms with Crippen molar-refractivity contribution in [3.8, 4) is 0 Å². The standard InChI is InChI=1S/C9H10Br2N2O/c1-5(2)12-9(14)6-3-7(10)13-8(11)4-6/h3-5H,1-2H3,(H,12,14). The van der Waals surface area contributed by atoms with Crippen molar-refractivity contribution in [2.24, 2.45) is 0 Å². The number of hydrogen-bond acceptors (Lipinski definition) is 2. The molecule has 0 unspecified atom stereocenters. The number of rotatable bonds is 2. The first-order chi connectivity index (χ1) is 6.49. The third kappa shape index (κ3) is 3.38. The number of hydrogen-bond donors (Lipinski definition) is 1. The van der Waals surface area contributed by atoms with Crippen molar-refractivity contribution in [2.45, 2.75) is 19.9 Å². The number of aromatic nitrogens is 1. The van der Waals surface area contributed by atoms with Crippen molar-refractivity contribution in [1.82, 2.24) is 10.3 Å². The summed E-state index contributed by atoms with van der Waals surface area (Å²) in [6.45, 7) is 3.84. The molecule has 1 rings (SSSR count). The Morgan fingerprint density at radius 3 is 2.29 bits per heavy atom. The van der Waals surface area contributed by atoms with E-state index >= 15 is 0 Å². The van der Waals surface area contributed by atoms with E-state index in [0.717, 1.165) is 0 Å². The summed E-state index contributed by atoms with van der Waals surface area (Å²) in [6, 6.07) is 3.50. The van der Waals surface area contributed by atoms with Gasteiger partial charge in [0.15, 0.2) is 0 Å². The fourth-order valence-corrected chi connectivity index (χ4v) is 2.05. The van der Waals surface area contributed by atoms with Crippen LogP contribution in [0.5, 0.6) is 0 Å². The predicted octanol–water partition coefficient (Wildman–Crippen LogP) is 2.74. The largest absolute Gasteiger partial charge is 0.350 e. The number of nitrogens with one attached hydrogen (secondary N) is 1. The van der Waals surface area contributed by atoms with Crippen LogP contribution < -0.4 is 5.32 Å². The topological polar surface area (TPSA) is 42.0 Å². The number of pyridine rings is 1. The van der Waals surface area contributed by atoms with Gasteiger partial charge in [-0.05, 0) is 57.8 Å². The fourth-order valence-electron chi connectivity index (χ4n) is 0.942. The molecule has 0 aromatic carbocycles. The molecule has 1 amide bonds. The van der Waals surface area contributed by atoms with E-state index < -0.39 is 0 Å². The van der Waals surface area contributed by atoms with E-state index in [1.807, 2.05) is 13.8 Å². The molecule has 0 saturated heterocycles. The van der Waals surface area contributed by atoms with Crippen molar-refractivity contribution in [3.63, 3.8) is 0 Å². The van der Waals surface area contributed by atoms with Crippen LogP contribution in [0.1, 0.15) is 24.2 Å². The molecule has 1 N–H and O–H groups in total. The van der Waals surface area contributed by atoms with Gasteiger partial charge in [-0.2, -0.15) is 0 Å². The molecule has 5 heteroatoms. The molecule has 1 aromatic heterocycles. The van der Waals surface area contributed by atoms with Crippen LogP contribution >= 0.6 is 31.9 Å². The minimum absolute atomic E-state index is 0.0937. The molecule has 0 radical (unpaired) electrons. The van der Waals surface area contributed by atoms with Gasteiger partial charge in [0.25, 0.3) is 5.91 Å². The van der Waals surface area contributed by atoms with E-state index in [4.69, 9.17) is 0 Å². The van der Waals surface area contributed by atoms with Gasteiger partial charge in [0.05, 0.1) is 0 Å². The Labute approximate surface area is 99.6 Å². The minimum Gasteiger partial charge on any atom is -0.350 e. The van der Waals surface area contributed by atoms with Crippen LogP contribution in [0.4, 0.5) is 0 Å². The minimum atomic E-state index is -0.0937. The highest BCUT2D eigenvalue weighted by molar-refractivity contribution is 9.11. The monoisotopic (exact) mass is 320 g/mol. The zero-order valence-electron chi connectivity index (χ0n) is 7.84. The average Bonchev–Trinajstić information content (AvgIpc) is 2.00. The third-order valence-electron chi connectivity index (χ3n) is 1.44. The van der Waals surface area contributed by atoms with Gasteiger partial charge in [0, 0.05) is 11.6 Å². The van der Waals surface area contributed by atoms with E-state index in [0.29, 0.717) is 14.8 Å². The second-order valence-corrected chi connectivity index (χ2v) is 4.75. The Balaban J connectivity index is 2.90. The first kappa shape index (κ1) is 11.7. The highest BCUT2D eigenvalue weighted by Gasteiger charge is 2.08. The molecule has 1 heterocycles. The normalized spacial score (nSPS) is 10.4. The first-order valence-corrected chi connectivity index (χ1v) is 5.71. The van der Waals surface area contributed by atoms with E-state index in [1.165, 1.54) is 0 Å². The molecule has 0 spiro atoms. The van der Waals surface area contributed by atoms with Crippen LogP contribution in [0, 0.1) is 0 Å². The zero-order chi connectivity index (χ0) is 10.7. The Kier molecular flexibility index (Phi) is 4.07. The van der Waals surface area contributed by atoms with Gasteiger partial charge in [-0.1, -0.05) is 0 Å². The molecule has 0 fully saturated rings. The highest BCUT2D eigenvalue weighted by atomic mass is 79.9. The van der Waals surface area contributed by atoms with Crippen molar-refractivity contribution in [2.75, 3.05) is 0 Å². The summed E-state index contributed by atoms with van der Waals surface area (Å²) in [5.74, 6) is -0.0937. The lowest BCUT2D eigenvalue weighted by Gasteiger charge is -2.08. The van der Waals surface area contributed by atoms with Gasteiger partial charge in [-0.25, -0.2) is 4.98 Å². The highest BCUT2D eigenvalue weighted by Crippen LogP contribution is 2.15. The summed E-state index contributed by atoms with van der Waals surface area (Å²) >= 11 is 6.45. The number of carbonyl (C=O) groups is 1. The summed E-state index contributed by atoms with van der Waals surface area (Å²) in [5, 5.41) is 2.81. The summed E-state index contributed by atoms with van der Waals surface area (Å²) in [7, 11) is 0. The molecule has 0 aliphatic heterocycles. The molecule has 0 aliphatic carbocycles. The quantitative estimate of drug-likeness (QED) is 0.851. The molecule has 3 nitrogen and oxygen atoms in total. The molecule has 76 valence electrons. The van der Waals surface area contributed by atoms with Crippen LogP contribution in [-0.4, -0.2) is 16.9 Å². The van der Waals surface area contributed by atoms with Gasteiger partial charge in [0.2, 0.25) is 0 Å². The molecule has 0 atom stereocenters. The Bertz CT molecular complexity index is 332. The number of amides is 1. The lowest BCUT2D eigenvalue weighted by Crippen LogP contribution is -2.30. The summed E-state index contributed by atoms with van der Waals surface area (Å²) < 4.78 is 1.28. The average molecular weight is 322 g/mol. The molecule has 0 saturated carbocycles. The van der Waals surface area contributed by atoms with Crippen LogP contribution in [0.3, 0.4) is 0 Å². The van der Waals surface area contributed by atoms with Crippen LogP contribution in [0.2, 0.25) is 0 Å². The molecular formula is C9H10Br2N2O. The maximum atomic E-state index is 11.6. The van der Waals surface area contributed by atoms with Crippen molar-refractivity contribution < 1.29 is 4.79 Å². The maximum absolute atomic E-state index is 11.6. The Morgan fingerprint density at radius 2 is 1.86 bits per heavy atom. The number of carbonyl (C=O) groups excluding carboxylic acids is 1. The fraction of sp³-hybridized carbons (Fsp3) is 0.333. The second-order valence-electron chi connectivity index (χ2n) is 3.13. The molecular weight excluding hydrogens is 312 g/mol. The van der Waals surface area contributed by atoms with E-state index in [-0.39, 0.29) is 11.9 Å². The van der Waals surface area contributed by atoms with Gasteiger partial charge >= 0.3 is 0 Å². The van der Waals surface area contributed by atoms with Crippen molar-refractivity contribution in [1.29, 1.82) is 0 Å². The SMILES string of the molecule is CC(C)NC(=O)c1cc(Br)nc(Br)c1. The van der Waals surface area contributed by atoms with Crippen LogP contribution in [-0.2, 0) is 0 Å². The van der Waals surface area contributed by atoms with Gasteiger partial charge in [0.1, 0.15) is 9.21 Å². The Morgan fingerprint density at radius 1 is 1.36 bits per heavy atom. The third-order valence-corrected chi connectivity index (χ3v) is 2.26. The molecule has 1 aromatic rings. The van der Waals surface area contributed by atoms with Crippen molar-refractivity contribution >= 4 is 37.8 Å². The first-order valence-electron chi connectivity index (χ1n) is 4.13. The summed E-state index contributed by atoms with van der Waals surface area (Å²) in [5.41, 5.74) is 0.590. The maximum Gasteiger partial charge on any atom is 0.251 e. The van der Waals surface area contributed by atoms with Crippen LogP contribution in [0.15, 0.2) is 21.3 Å². The zero-order valence-corrected chi connectivity index (χ0v) is 11.0. The number of halogens is 2. The van der Waals surface area contributed by atoms with E-state index in [2.05, 4.69) is 42.2 Å². The lowest BCUT2D eigenvalue weighted by molar-refractivity contribution is 0.0943. The van der Waals surface area contributed by atoms with Crippen LogP contribution in [0.25, 0.3) is 0 Å². The Hall–Kier alpha value is -0.420. The van der Waals surface area contributed by atoms with Gasteiger partial charge in [-0.3, -0.25) is 4.79 Å². The predicted molar refractivity (Wildman–Crippen MR) is 62.2 cm³/mol. The van der Waals surface area contributed by atoms with Crippen molar-refractivity contribution in [3.05, 3.63) is 26.9 Å².